The first-order chi connectivity index (χ1) is 44.2. The topological polar surface area (TPSA) is 154 Å². The Morgan fingerprint density at radius 2 is 0.600 bits per heavy atom. The van der Waals surface area contributed by atoms with Crippen LogP contribution in [0.1, 0.15) is 87.9 Å². The van der Waals surface area contributed by atoms with Crippen LogP contribution in [0.15, 0.2) is 218 Å². The molecule has 0 radical (unpaired) electrons. The fourth-order valence-electron chi connectivity index (χ4n) is 11.2. The number of hydrogen-bond donors (Lipinski definition) is 0. The van der Waals surface area contributed by atoms with Crippen molar-refractivity contribution in [1.82, 2.24) is 54.8 Å². The predicted octanol–water partition coefficient (Wildman–Crippen LogP) is 17.3. The summed E-state index contributed by atoms with van der Waals surface area (Å²) in [7, 11) is 1.84. The van der Waals surface area contributed by atoms with Gasteiger partial charge in [-0.05, 0) is 121 Å². The molecule has 5 aromatic heterocycles. The van der Waals surface area contributed by atoms with Crippen molar-refractivity contribution in [3.05, 3.63) is 259 Å². The maximum Gasteiger partial charge on any atom is 0.164 e. The fraction of sp³-hybridized carbons (Fsp3) is 0.179. The van der Waals surface area contributed by atoms with Crippen molar-refractivity contribution in [3.8, 4) is 112 Å². The van der Waals surface area contributed by atoms with Crippen LogP contribution in [0.2, 0.25) is 0 Å². The molecule has 12 heteroatoms. The van der Waals surface area contributed by atoms with Crippen molar-refractivity contribution in [2.45, 2.75) is 86.5 Å². The third kappa shape index (κ3) is 13.2. The van der Waals surface area contributed by atoms with Gasteiger partial charge in [0.2, 0.25) is 0 Å². The van der Waals surface area contributed by atoms with Crippen molar-refractivity contribution < 1.29 is 0 Å². The Labute approximate surface area is 527 Å². The van der Waals surface area contributed by atoms with Crippen LogP contribution in [0.25, 0.3) is 112 Å². The van der Waals surface area contributed by atoms with Crippen LogP contribution in [0.4, 0.5) is 0 Å². The van der Waals surface area contributed by atoms with Crippen LogP contribution >= 0.6 is 0 Å². The highest BCUT2D eigenvalue weighted by atomic mass is 15.0. The number of allylic oxidation sites excluding steroid dienone is 2. The molecule has 5 heterocycles. The Morgan fingerprint density at radius 3 is 0.911 bits per heavy atom. The van der Waals surface area contributed by atoms with Crippen LogP contribution in [0, 0.1) is 0 Å². The number of pyridine rings is 2. The minimum absolute atomic E-state index is 0.594. The highest BCUT2D eigenvalue weighted by Crippen LogP contribution is 2.43. The summed E-state index contributed by atoms with van der Waals surface area (Å²) in [5, 5.41) is 0. The monoisotopic (exact) mass is 1170 g/mol. The highest BCUT2D eigenvalue weighted by molar-refractivity contribution is 6.09. The zero-order chi connectivity index (χ0) is 61.9. The standard InChI is InChI=1S/C78H70N12/c1-8-70-82-71(9-2)86-76(85-70)28-20-27-67(79-7)53-35-29-50(30-36-53)61-21-14-17-24-64(61)58-45-59(65-25-18-15-22-62(65)51-31-37-54(38-32-51)68-43-41-56(48-80-68)77-87-72(10-3)83-73(11-4)88-77)47-60(46-58)66-26-19-16-23-63(66)52-33-39-55(40-34-52)69-44-42-57(49-81-69)78-89-74(12-5)84-75(13-6)90-78/h14-27,29-49H,8-13,28H2,1-7H3/b27-20-,79-67+. The van der Waals surface area contributed by atoms with Gasteiger partial charge < -0.3 is 0 Å². The average molecular weight is 1180 g/mol. The normalized spacial score (nSPS) is 11.6. The molecule has 0 bridgehead atoms. The number of rotatable bonds is 20. The first kappa shape index (κ1) is 59.6. The van der Waals surface area contributed by atoms with Crippen molar-refractivity contribution >= 4 is 5.71 Å². The molecule has 0 aliphatic rings. The second-order valence-electron chi connectivity index (χ2n) is 21.9. The predicted molar refractivity (Wildman–Crippen MR) is 365 cm³/mol. The Morgan fingerprint density at radius 1 is 0.311 bits per heavy atom. The maximum atomic E-state index is 4.90. The summed E-state index contributed by atoms with van der Waals surface area (Å²) >= 11 is 0. The van der Waals surface area contributed by atoms with Crippen molar-refractivity contribution in [1.29, 1.82) is 0 Å². The van der Waals surface area contributed by atoms with Gasteiger partial charge in [-0.3, -0.25) is 15.0 Å². The van der Waals surface area contributed by atoms with Crippen molar-refractivity contribution in [2.75, 3.05) is 7.05 Å². The SMILES string of the molecule is CCc1nc(CC)nc(C/C=C\C(=N/C)c2ccc(-c3ccccc3-c3cc(-c4ccccc4-c4ccc(-c5ccc(-c6nc(CC)nc(CC)n6)cn5)cc4)cc(-c4ccccc4-c4ccc(-c5ccc(-c6nc(CC)nc(CC)n6)cn5)cc4)c3)cc2)n1. The van der Waals surface area contributed by atoms with E-state index in [1.165, 1.54) is 0 Å². The average Bonchev–Trinajstić information content (AvgIpc) is 1.73. The first-order valence-corrected chi connectivity index (χ1v) is 31.2. The number of aryl methyl sites for hydroxylation is 6. The van der Waals surface area contributed by atoms with Gasteiger partial charge in [0, 0.05) is 86.6 Å². The van der Waals surface area contributed by atoms with Gasteiger partial charge >= 0.3 is 0 Å². The summed E-state index contributed by atoms with van der Waals surface area (Å²) < 4.78 is 0. The second-order valence-corrected chi connectivity index (χ2v) is 21.9. The van der Waals surface area contributed by atoms with E-state index in [2.05, 4.69) is 242 Å². The molecule has 0 aliphatic heterocycles. The van der Waals surface area contributed by atoms with E-state index in [-0.39, 0.29) is 0 Å². The van der Waals surface area contributed by atoms with Crippen molar-refractivity contribution in [3.63, 3.8) is 0 Å². The number of nitrogens with zero attached hydrogens (tertiary/aromatic N) is 12. The Kier molecular flexibility index (Phi) is 18.2. The van der Waals surface area contributed by atoms with Crippen LogP contribution in [-0.2, 0) is 44.9 Å². The zero-order valence-corrected chi connectivity index (χ0v) is 52.0. The van der Waals surface area contributed by atoms with Crippen LogP contribution in [-0.4, -0.2) is 67.6 Å². The third-order valence-electron chi connectivity index (χ3n) is 16.1. The highest BCUT2D eigenvalue weighted by Gasteiger charge is 2.18. The quantitative estimate of drug-likeness (QED) is 0.0670. The Bertz CT molecular complexity index is 4290. The molecule has 12 nitrogen and oxygen atoms in total. The lowest BCUT2D eigenvalue weighted by Crippen LogP contribution is -2.06. The summed E-state index contributed by atoms with van der Waals surface area (Å²) in [6.07, 6.45) is 13.0. The Balaban J connectivity index is 0.896. The van der Waals surface area contributed by atoms with E-state index in [4.69, 9.17) is 34.9 Å². The van der Waals surface area contributed by atoms with Crippen molar-refractivity contribution in [2.24, 2.45) is 4.99 Å². The van der Waals surface area contributed by atoms with Crippen LogP contribution in [0.5, 0.6) is 0 Å². The largest absolute Gasteiger partial charge is 0.288 e. The zero-order valence-electron chi connectivity index (χ0n) is 52.0. The molecule has 12 rings (SSSR count). The summed E-state index contributed by atoms with van der Waals surface area (Å²) in [5.74, 6) is 6.88. The number of benzene rings is 7. The fourth-order valence-corrected chi connectivity index (χ4v) is 11.2. The molecule has 0 N–H and O–H groups in total. The van der Waals surface area contributed by atoms with Gasteiger partial charge in [-0.25, -0.2) is 44.9 Å². The summed E-state index contributed by atoms with van der Waals surface area (Å²) in [6.45, 7) is 12.4. The molecular weight excluding hydrogens is 1100 g/mol. The lowest BCUT2D eigenvalue weighted by Gasteiger charge is -2.18. The smallest absolute Gasteiger partial charge is 0.164 e. The number of aromatic nitrogens is 11. The van der Waals surface area contributed by atoms with Gasteiger partial charge in [0.25, 0.3) is 0 Å². The van der Waals surface area contributed by atoms with Gasteiger partial charge in [-0.15, -0.1) is 0 Å². The summed E-state index contributed by atoms with van der Waals surface area (Å²) in [5.41, 5.74) is 20.7. The van der Waals surface area contributed by atoms with Gasteiger partial charge in [-0.2, -0.15) is 0 Å². The van der Waals surface area contributed by atoms with Gasteiger partial charge in [0.15, 0.2) is 11.6 Å². The molecule has 0 saturated heterocycles. The lowest BCUT2D eigenvalue weighted by atomic mass is 9.86. The lowest BCUT2D eigenvalue weighted by molar-refractivity contribution is 0.783. The second kappa shape index (κ2) is 27.5. The van der Waals surface area contributed by atoms with E-state index in [1.807, 2.05) is 43.7 Å². The van der Waals surface area contributed by atoms with E-state index in [0.29, 0.717) is 18.1 Å². The van der Waals surface area contributed by atoms with E-state index in [1.54, 1.807) is 0 Å². The number of aliphatic imine (C=N–C) groups is 1. The summed E-state index contributed by atoms with van der Waals surface area (Å²) in [4.78, 5) is 56.5. The number of hydrogen-bond acceptors (Lipinski definition) is 12. The van der Waals surface area contributed by atoms with Gasteiger partial charge in [0.1, 0.15) is 40.8 Å². The third-order valence-corrected chi connectivity index (χ3v) is 16.1. The molecule has 0 fully saturated rings. The first-order valence-electron chi connectivity index (χ1n) is 31.2. The van der Waals surface area contributed by atoms with Gasteiger partial charge in [-0.1, -0.05) is 193 Å². The molecule has 0 unspecified atom stereocenters. The summed E-state index contributed by atoms with van der Waals surface area (Å²) in [6, 6.07) is 67.6. The van der Waals surface area contributed by atoms with E-state index in [9.17, 15) is 0 Å². The van der Waals surface area contributed by atoms with Gasteiger partial charge in [0.05, 0.1) is 17.1 Å². The Hall–Kier alpha value is -10.7. The molecule has 0 aliphatic carbocycles. The molecule has 7 aromatic carbocycles. The molecule has 442 valence electrons. The molecule has 90 heavy (non-hydrogen) atoms. The molecule has 0 amide bonds. The van der Waals surface area contributed by atoms with E-state index >= 15 is 0 Å². The van der Waals surface area contributed by atoms with Crippen LogP contribution in [0.3, 0.4) is 0 Å². The molecule has 12 aromatic rings. The van der Waals surface area contributed by atoms with E-state index < -0.39 is 0 Å². The molecule has 0 saturated carbocycles. The minimum atomic E-state index is 0.594. The molecule has 0 spiro atoms. The molecule has 0 atom stereocenters. The minimum Gasteiger partial charge on any atom is -0.288 e. The van der Waals surface area contributed by atoms with E-state index in [0.717, 1.165) is 191 Å². The molecular formula is C78H70N12. The van der Waals surface area contributed by atoms with Crippen LogP contribution < -0.4 is 0 Å². The maximum absolute atomic E-state index is 4.90.